The van der Waals surface area contributed by atoms with Crippen molar-refractivity contribution in [3.63, 3.8) is 0 Å². The lowest BCUT2D eigenvalue weighted by Crippen LogP contribution is -2.53. The summed E-state index contributed by atoms with van der Waals surface area (Å²) in [6.07, 6.45) is 3.88. The van der Waals surface area contributed by atoms with E-state index in [0.29, 0.717) is 19.1 Å². The number of hydrogen-bond donors (Lipinski definition) is 3. The molecule has 4 nitrogen and oxygen atoms in total. The van der Waals surface area contributed by atoms with Crippen LogP contribution in [-0.4, -0.2) is 48.7 Å². The van der Waals surface area contributed by atoms with Crippen molar-refractivity contribution in [1.82, 2.24) is 5.32 Å². The molecule has 1 aliphatic rings. The minimum absolute atomic E-state index is 0.150. The normalized spacial score (nSPS) is 32.6. The van der Waals surface area contributed by atoms with Crippen LogP contribution in [0.15, 0.2) is 0 Å². The van der Waals surface area contributed by atoms with Crippen LogP contribution < -0.4 is 5.32 Å². The lowest BCUT2D eigenvalue weighted by atomic mass is 9.77. The molecule has 1 fully saturated rings. The molecule has 16 heavy (non-hydrogen) atoms. The highest BCUT2D eigenvalue weighted by atomic mass is 16.5. The third-order valence-corrected chi connectivity index (χ3v) is 3.47. The number of ether oxygens (including phenoxy) is 1. The minimum atomic E-state index is -0.495. The molecule has 0 bridgehead atoms. The van der Waals surface area contributed by atoms with E-state index < -0.39 is 6.10 Å². The maximum Gasteiger partial charge on any atom is 0.0897 e. The van der Waals surface area contributed by atoms with Crippen molar-refractivity contribution >= 4 is 0 Å². The molecule has 1 rings (SSSR count). The lowest BCUT2D eigenvalue weighted by Gasteiger charge is -2.40. The summed E-state index contributed by atoms with van der Waals surface area (Å²) in [6.45, 7) is 3.19. The van der Waals surface area contributed by atoms with Crippen LogP contribution in [0.25, 0.3) is 0 Å². The Labute approximate surface area is 98.0 Å². The predicted molar refractivity (Wildman–Crippen MR) is 63.3 cm³/mol. The number of nitrogens with one attached hydrogen (secondary N) is 1. The van der Waals surface area contributed by atoms with E-state index in [1.807, 2.05) is 0 Å². The maximum absolute atomic E-state index is 9.59. The zero-order valence-electron chi connectivity index (χ0n) is 10.4. The van der Waals surface area contributed by atoms with Crippen LogP contribution >= 0.6 is 0 Å². The van der Waals surface area contributed by atoms with Crippen LogP contribution in [0.3, 0.4) is 0 Å². The van der Waals surface area contributed by atoms with Gasteiger partial charge < -0.3 is 20.3 Å². The molecule has 0 heterocycles. The molecular formula is C12H25NO3. The third-order valence-electron chi connectivity index (χ3n) is 3.47. The number of methoxy groups -OCH3 is 1. The first-order chi connectivity index (χ1) is 7.62. The molecule has 0 aromatic heterocycles. The van der Waals surface area contributed by atoms with E-state index in [9.17, 15) is 10.2 Å². The summed E-state index contributed by atoms with van der Waals surface area (Å²) in [6, 6.07) is 0. The topological polar surface area (TPSA) is 61.7 Å². The molecule has 3 N–H and O–H groups in total. The standard InChI is InChI=1S/C12H25NO3/c1-10-4-3-5-12(6-10,9-14)13-7-11(15)8-16-2/h10-11,13-15H,3-9H2,1-2H3. The zero-order valence-corrected chi connectivity index (χ0v) is 10.4. The molecule has 0 radical (unpaired) electrons. The first kappa shape index (κ1) is 13.9. The van der Waals surface area contributed by atoms with Gasteiger partial charge in [-0.25, -0.2) is 0 Å². The van der Waals surface area contributed by atoms with Gasteiger partial charge in [0.05, 0.1) is 19.3 Å². The third kappa shape index (κ3) is 4.01. The fourth-order valence-corrected chi connectivity index (χ4v) is 2.61. The van der Waals surface area contributed by atoms with Gasteiger partial charge in [-0.1, -0.05) is 19.8 Å². The van der Waals surface area contributed by atoms with Crippen LogP contribution in [0.2, 0.25) is 0 Å². The second kappa shape index (κ2) is 6.55. The molecule has 0 aromatic rings. The Morgan fingerprint density at radius 3 is 2.88 bits per heavy atom. The van der Waals surface area contributed by atoms with E-state index in [1.54, 1.807) is 7.11 Å². The molecule has 96 valence electrons. The monoisotopic (exact) mass is 231 g/mol. The van der Waals surface area contributed by atoms with E-state index in [4.69, 9.17) is 4.74 Å². The Balaban J connectivity index is 2.40. The van der Waals surface area contributed by atoms with Crippen LogP contribution in [0.4, 0.5) is 0 Å². The van der Waals surface area contributed by atoms with Gasteiger partial charge in [0.15, 0.2) is 0 Å². The van der Waals surface area contributed by atoms with E-state index in [-0.39, 0.29) is 12.1 Å². The highest BCUT2D eigenvalue weighted by molar-refractivity contribution is 4.92. The van der Waals surface area contributed by atoms with Crippen LogP contribution in [0.1, 0.15) is 32.6 Å². The van der Waals surface area contributed by atoms with E-state index in [0.717, 1.165) is 19.3 Å². The molecule has 1 aliphatic carbocycles. The molecule has 0 aliphatic heterocycles. The average Bonchev–Trinajstić information content (AvgIpc) is 2.27. The van der Waals surface area contributed by atoms with Crippen molar-refractivity contribution in [2.75, 3.05) is 26.9 Å². The molecule has 1 saturated carbocycles. The summed E-state index contributed by atoms with van der Waals surface area (Å²) < 4.78 is 4.88. The second-order valence-electron chi connectivity index (χ2n) is 5.13. The Morgan fingerprint density at radius 2 is 2.31 bits per heavy atom. The van der Waals surface area contributed by atoms with Gasteiger partial charge in [-0.3, -0.25) is 0 Å². The number of rotatable bonds is 6. The Morgan fingerprint density at radius 1 is 1.56 bits per heavy atom. The maximum atomic E-state index is 9.59. The Hall–Kier alpha value is -0.160. The van der Waals surface area contributed by atoms with Crippen LogP contribution in [0.5, 0.6) is 0 Å². The van der Waals surface area contributed by atoms with Crippen molar-refractivity contribution in [1.29, 1.82) is 0 Å². The van der Waals surface area contributed by atoms with E-state index in [1.165, 1.54) is 6.42 Å². The van der Waals surface area contributed by atoms with Gasteiger partial charge in [-0.05, 0) is 18.8 Å². The van der Waals surface area contributed by atoms with Gasteiger partial charge in [0.2, 0.25) is 0 Å². The first-order valence-electron chi connectivity index (χ1n) is 6.15. The van der Waals surface area contributed by atoms with Crippen molar-refractivity contribution in [3.05, 3.63) is 0 Å². The number of β-amino-alcohol motifs (C(OH)–C–C–N with tert-alkyl or cyclic N) is 1. The average molecular weight is 231 g/mol. The number of hydrogen-bond acceptors (Lipinski definition) is 4. The summed E-state index contributed by atoms with van der Waals surface area (Å²) in [7, 11) is 1.58. The summed E-state index contributed by atoms with van der Waals surface area (Å²) in [5.74, 6) is 0.646. The SMILES string of the molecule is COCC(O)CNC1(CO)CCCC(C)C1. The summed E-state index contributed by atoms with van der Waals surface area (Å²) >= 11 is 0. The summed E-state index contributed by atoms with van der Waals surface area (Å²) in [5, 5.41) is 22.4. The zero-order chi connectivity index (χ0) is 12.0. The second-order valence-corrected chi connectivity index (χ2v) is 5.13. The molecule has 0 spiro atoms. The molecule has 0 amide bonds. The smallest absolute Gasteiger partial charge is 0.0897 e. The van der Waals surface area contributed by atoms with Gasteiger partial charge in [-0.15, -0.1) is 0 Å². The molecule has 4 heteroatoms. The van der Waals surface area contributed by atoms with Crippen LogP contribution in [-0.2, 0) is 4.74 Å². The molecule has 3 atom stereocenters. The Bertz CT molecular complexity index is 201. The molecule has 0 saturated heterocycles. The Kier molecular flexibility index (Phi) is 5.69. The summed E-state index contributed by atoms with van der Waals surface area (Å²) in [5.41, 5.74) is -0.188. The highest BCUT2D eigenvalue weighted by Gasteiger charge is 2.34. The van der Waals surface area contributed by atoms with Crippen molar-refractivity contribution in [3.8, 4) is 0 Å². The van der Waals surface area contributed by atoms with Gasteiger partial charge in [0.25, 0.3) is 0 Å². The fraction of sp³-hybridized carbons (Fsp3) is 1.00. The molecule has 3 unspecified atom stereocenters. The largest absolute Gasteiger partial charge is 0.394 e. The van der Waals surface area contributed by atoms with Crippen LogP contribution in [0, 0.1) is 5.92 Å². The number of aliphatic hydroxyl groups is 2. The van der Waals surface area contributed by atoms with Gasteiger partial charge in [0.1, 0.15) is 0 Å². The van der Waals surface area contributed by atoms with Gasteiger partial charge in [0, 0.05) is 19.2 Å². The molecular weight excluding hydrogens is 206 g/mol. The van der Waals surface area contributed by atoms with Gasteiger partial charge >= 0.3 is 0 Å². The van der Waals surface area contributed by atoms with E-state index >= 15 is 0 Å². The van der Waals surface area contributed by atoms with Crippen molar-refractivity contribution in [2.24, 2.45) is 5.92 Å². The quantitative estimate of drug-likeness (QED) is 0.624. The first-order valence-corrected chi connectivity index (χ1v) is 6.15. The van der Waals surface area contributed by atoms with E-state index in [2.05, 4.69) is 12.2 Å². The fourth-order valence-electron chi connectivity index (χ4n) is 2.61. The van der Waals surface area contributed by atoms with Gasteiger partial charge in [-0.2, -0.15) is 0 Å². The minimum Gasteiger partial charge on any atom is -0.394 e. The lowest BCUT2D eigenvalue weighted by molar-refractivity contribution is 0.0412. The highest BCUT2D eigenvalue weighted by Crippen LogP contribution is 2.31. The van der Waals surface area contributed by atoms with Crippen molar-refractivity contribution in [2.45, 2.75) is 44.2 Å². The van der Waals surface area contributed by atoms with Crippen molar-refractivity contribution < 1.29 is 14.9 Å². The predicted octanol–water partition coefficient (Wildman–Crippen LogP) is 0.524. The molecule has 0 aromatic carbocycles. The summed E-state index contributed by atoms with van der Waals surface area (Å²) in [4.78, 5) is 0. The number of aliphatic hydroxyl groups excluding tert-OH is 2.